The van der Waals surface area contributed by atoms with Crippen LogP contribution in [-0.2, 0) is 7.05 Å². The van der Waals surface area contributed by atoms with Gasteiger partial charge in [0.2, 0.25) is 5.95 Å². The normalized spacial score (nSPS) is 14.9. The van der Waals surface area contributed by atoms with E-state index in [0.717, 1.165) is 42.9 Å². The Morgan fingerprint density at radius 3 is 2.81 bits per heavy atom. The molecule has 1 fully saturated rings. The van der Waals surface area contributed by atoms with E-state index in [1.54, 1.807) is 29.2 Å². The van der Waals surface area contributed by atoms with Gasteiger partial charge in [-0.3, -0.25) is 4.68 Å². The number of nitrogens with zero attached hydrogens (tertiary/aromatic N) is 4. The molecule has 27 heavy (non-hydrogen) atoms. The molecule has 3 aromatic rings. The van der Waals surface area contributed by atoms with E-state index >= 15 is 0 Å². The molecule has 3 heterocycles. The molecule has 2 aromatic heterocycles. The van der Waals surface area contributed by atoms with Gasteiger partial charge in [-0.1, -0.05) is 6.07 Å². The van der Waals surface area contributed by atoms with E-state index in [9.17, 15) is 4.39 Å². The van der Waals surface area contributed by atoms with Crippen molar-refractivity contribution in [3.8, 4) is 11.1 Å². The molecule has 0 unspecified atom stereocenters. The summed E-state index contributed by atoms with van der Waals surface area (Å²) in [6.45, 7) is 1.97. The molecule has 3 N–H and O–H groups in total. The number of piperidine rings is 1. The standard InChI is InChI=1S/C19H22FN7/c1-27-12-13(10-23-27)17-11-22-19(25-16-4-2-3-14(20)9-16)26-18(17)24-15-5-7-21-8-6-15/h2-4,9-12,15,21H,5-8H2,1H3,(H2,22,24,25,26). The maximum Gasteiger partial charge on any atom is 0.229 e. The second kappa shape index (κ2) is 7.71. The van der Waals surface area contributed by atoms with Gasteiger partial charge in [-0.2, -0.15) is 10.1 Å². The summed E-state index contributed by atoms with van der Waals surface area (Å²) in [5, 5.41) is 14.2. The van der Waals surface area contributed by atoms with E-state index in [2.05, 4.69) is 31.0 Å². The fourth-order valence-corrected chi connectivity index (χ4v) is 3.18. The van der Waals surface area contributed by atoms with E-state index in [0.29, 0.717) is 17.7 Å². The molecule has 0 spiro atoms. The highest BCUT2D eigenvalue weighted by Crippen LogP contribution is 2.28. The van der Waals surface area contributed by atoms with Crippen LogP contribution < -0.4 is 16.0 Å². The summed E-state index contributed by atoms with van der Waals surface area (Å²) in [7, 11) is 1.88. The first-order valence-corrected chi connectivity index (χ1v) is 9.03. The van der Waals surface area contributed by atoms with Gasteiger partial charge in [0, 0.05) is 42.3 Å². The highest BCUT2D eigenvalue weighted by Gasteiger charge is 2.17. The van der Waals surface area contributed by atoms with Crippen molar-refractivity contribution in [1.82, 2.24) is 25.1 Å². The van der Waals surface area contributed by atoms with Crippen molar-refractivity contribution in [2.45, 2.75) is 18.9 Å². The smallest absolute Gasteiger partial charge is 0.229 e. The molecule has 7 nitrogen and oxygen atoms in total. The Bertz CT molecular complexity index is 918. The van der Waals surface area contributed by atoms with Gasteiger partial charge in [0.15, 0.2) is 0 Å². The molecule has 0 amide bonds. The molecular formula is C19H22FN7. The first-order valence-electron chi connectivity index (χ1n) is 9.03. The minimum atomic E-state index is -0.306. The maximum atomic E-state index is 13.4. The third kappa shape index (κ3) is 4.22. The highest BCUT2D eigenvalue weighted by atomic mass is 19.1. The lowest BCUT2D eigenvalue weighted by Gasteiger charge is -2.25. The number of hydrogen-bond acceptors (Lipinski definition) is 6. The van der Waals surface area contributed by atoms with Crippen LogP contribution in [0, 0.1) is 5.82 Å². The average molecular weight is 367 g/mol. The number of aryl methyl sites for hydroxylation is 1. The fourth-order valence-electron chi connectivity index (χ4n) is 3.18. The van der Waals surface area contributed by atoms with Crippen molar-refractivity contribution in [3.63, 3.8) is 0 Å². The number of halogens is 1. The van der Waals surface area contributed by atoms with Gasteiger partial charge >= 0.3 is 0 Å². The Labute approximate surface area is 157 Å². The van der Waals surface area contributed by atoms with E-state index in [-0.39, 0.29) is 5.82 Å². The lowest BCUT2D eigenvalue weighted by molar-refractivity contribution is 0.478. The number of hydrogen-bond donors (Lipinski definition) is 3. The zero-order valence-electron chi connectivity index (χ0n) is 15.1. The van der Waals surface area contributed by atoms with Crippen LogP contribution in [0.1, 0.15) is 12.8 Å². The van der Waals surface area contributed by atoms with Crippen molar-refractivity contribution in [2.75, 3.05) is 23.7 Å². The minimum Gasteiger partial charge on any atom is -0.367 e. The lowest BCUT2D eigenvalue weighted by atomic mass is 10.1. The van der Waals surface area contributed by atoms with Crippen LogP contribution in [0.25, 0.3) is 11.1 Å². The summed E-state index contributed by atoms with van der Waals surface area (Å²) in [5.41, 5.74) is 2.45. The summed E-state index contributed by atoms with van der Waals surface area (Å²) in [6, 6.07) is 6.59. The quantitative estimate of drug-likeness (QED) is 0.643. The third-order valence-electron chi connectivity index (χ3n) is 4.57. The lowest BCUT2D eigenvalue weighted by Crippen LogP contribution is -2.35. The molecule has 0 radical (unpaired) electrons. The molecule has 0 bridgehead atoms. The molecule has 1 aromatic carbocycles. The van der Waals surface area contributed by atoms with Gasteiger partial charge < -0.3 is 16.0 Å². The second-order valence-corrected chi connectivity index (χ2v) is 6.66. The van der Waals surface area contributed by atoms with Crippen LogP contribution in [0.5, 0.6) is 0 Å². The Morgan fingerprint density at radius 2 is 2.07 bits per heavy atom. The third-order valence-corrected chi connectivity index (χ3v) is 4.57. The molecule has 1 saturated heterocycles. The van der Waals surface area contributed by atoms with E-state index in [1.165, 1.54) is 12.1 Å². The number of nitrogens with one attached hydrogen (secondary N) is 3. The largest absolute Gasteiger partial charge is 0.367 e. The van der Waals surface area contributed by atoms with Crippen LogP contribution in [0.3, 0.4) is 0 Å². The van der Waals surface area contributed by atoms with Crippen molar-refractivity contribution < 1.29 is 4.39 Å². The SMILES string of the molecule is Cn1cc(-c2cnc(Nc3cccc(F)c3)nc2NC2CCNCC2)cn1. The number of benzene rings is 1. The summed E-state index contributed by atoms with van der Waals surface area (Å²) in [5.74, 6) is 0.869. The molecule has 1 aliphatic rings. The molecular weight excluding hydrogens is 345 g/mol. The average Bonchev–Trinajstić information content (AvgIpc) is 3.09. The van der Waals surface area contributed by atoms with Gasteiger partial charge in [0.25, 0.3) is 0 Å². The topological polar surface area (TPSA) is 79.7 Å². The molecule has 4 rings (SSSR count). The molecule has 0 atom stereocenters. The second-order valence-electron chi connectivity index (χ2n) is 6.66. The van der Waals surface area contributed by atoms with Crippen LogP contribution in [0.2, 0.25) is 0 Å². The number of rotatable bonds is 5. The zero-order valence-corrected chi connectivity index (χ0v) is 15.1. The monoisotopic (exact) mass is 367 g/mol. The van der Waals surface area contributed by atoms with Crippen molar-refractivity contribution in [2.24, 2.45) is 7.05 Å². The van der Waals surface area contributed by atoms with Gasteiger partial charge in [0.05, 0.1) is 6.20 Å². The molecule has 1 aliphatic heterocycles. The number of anilines is 3. The Hall–Kier alpha value is -3.00. The Balaban J connectivity index is 1.64. The van der Waals surface area contributed by atoms with Gasteiger partial charge in [0.1, 0.15) is 11.6 Å². The van der Waals surface area contributed by atoms with Crippen LogP contribution in [0.15, 0.2) is 42.9 Å². The number of aromatic nitrogens is 4. The molecule has 0 saturated carbocycles. The summed E-state index contributed by atoms with van der Waals surface area (Å²) < 4.78 is 15.2. The fraction of sp³-hybridized carbons (Fsp3) is 0.316. The van der Waals surface area contributed by atoms with E-state index in [1.807, 2.05) is 13.2 Å². The molecule has 140 valence electrons. The summed E-state index contributed by atoms with van der Waals surface area (Å²) in [6.07, 6.45) is 7.57. The Morgan fingerprint density at radius 1 is 1.22 bits per heavy atom. The van der Waals surface area contributed by atoms with Crippen molar-refractivity contribution >= 4 is 17.5 Å². The maximum absolute atomic E-state index is 13.4. The van der Waals surface area contributed by atoms with Crippen molar-refractivity contribution in [3.05, 3.63) is 48.7 Å². The van der Waals surface area contributed by atoms with Gasteiger partial charge in [-0.15, -0.1) is 0 Å². The summed E-state index contributed by atoms with van der Waals surface area (Å²) >= 11 is 0. The van der Waals surface area contributed by atoms with Crippen molar-refractivity contribution in [1.29, 1.82) is 0 Å². The minimum absolute atomic E-state index is 0.306. The van der Waals surface area contributed by atoms with Crippen LogP contribution in [0.4, 0.5) is 21.8 Å². The first kappa shape index (κ1) is 17.4. The first-order chi connectivity index (χ1) is 13.2. The molecule has 0 aliphatic carbocycles. The van der Waals surface area contributed by atoms with E-state index in [4.69, 9.17) is 0 Å². The molecule has 8 heteroatoms. The summed E-state index contributed by atoms with van der Waals surface area (Å²) in [4.78, 5) is 9.07. The van der Waals surface area contributed by atoms with E-state index < -0.39 is 0 Å². The van der Waals surface area contributed by atoms with Crippen LogP contribution >= 0.6 is 0 Å². The van der Waals surface area contributed by atoms with Gasteiger partial charge in [-0.05, 0) is 44.1 Å². The predicted octanol–water partition coefficient (Wildman–Crippen LogP) is 2.92. The zero-order chi connectivity index (χ0) is 18.6. The highest BCUT2D eigenvalue weighted by molar-refractivity contribution is 5.75. The van der Waals surface area contributed by atoms with Gasteiger partial charge in [-0.25, -0.2) is 9.37 Å². The predicted molar refractivity (Wildman–Crippen MR) is 103 cm³/mol. The Kier molecular flexibility index (Phi) is 4.97. The van der Waals surface area contributed by atoms with Crippen LogP contribution in [-0.4, -0.2) is 38.9 Å².